The number of rotatable bonds is 11. The molecule has 0 aromatic heterocycles. The smallest absolute Gasteiger partial charge is 0.235 e. The summed E-state index contributed by atoms with van der Waals surface area (Å²) >= 11 is 0. The largest absolute Gasteiger partial charge is 0.504 e. The lowest BCUT2D eigenvalue weighted by atomic mass is 9.76. The number of ketones is 4. The fourth-order valence-electron chi connectivity index (χ4n) is 4.09. The second-order valence-electron chi connectivity index (χ2n) is 9.58. The summed E-state index contributed by atoms with van der Waals surface area (Å²) in [5.74, 6) is -18.2. The van der Waals surface area contributed by atoms with Gasteiger partial charge in [-0.2, -0.15) is 0 Å². The SMILES string of the molecule is O=C(C(=O)[C@H](O)[C@@](O)(C(=O)c1cc(O)c(O)c(O)c1)[C@H](O)[C@H](O)C(O)C(=O)c1cc(O)c(O)c(O)c1)c1cc(O)c(O)c(O)c1. The van der Waals surface area contributed by atoms with Crippen LogP contribution in [-0.2, 0) is 4.79 Å². The third kappa shape index (κ3) is 5.94. The number of aliphatic hydroxyl groups excluding tert-OH is 4. The minimum Gasteiger partial charge on any atom is -0.504 e. The molecule has 1 unspecified atom stereocenters. The van der Waals surface area contributed by atoms with Crippen molar-refractivity contribution in [1.82, 2.24) is 0 Å². The van der Waals surface area contributed by atoms with Crippen LogP contribution in [0.1, 0.15) is 31.1 Å². The van der Waals surface area contributed by atoms with Gasteiger partial charge in [-0.05, 0) is 36.4 Å². The van der Waals surface area contributed by atoms with Gasteiger partial charge in [-0.3, -0.25) is 19.2 Å². The minimum absolute atomic E-state index is 0.333. The molecule has 0 aliphatic carbocycles. The molecule has 0 aliphatic heterocycles. The van der Waals surface area contributed by atoms with Crippen molar-refractivity contribution in [3.8, 4) is 51.7 Å². The summed E-state index contributed by atoms with van der Waals surface area (Å²) in [6, 6.07) is 2.46. The van der Waals surface area contributed by atoms with Crippen molar-refractivity contribution < 1.29 is 90.7 Å². The van der Waals surface area contributed by atoms with Gasteiger partial charge in [0.2, 0.25) is 17.3 Å². The maximum Gasteiger partial charge on any atom is 0.235 e. The van der Waals surface area contributed by atoms with Crippen LogP contribution in [0.15, 0.2) is 36.4 Å². The van der Waals surface area contributed by atoms with E-state index in [0.717, 1.165) is 0 Å². The summed E-state index contributed by atoms with van der Waals surface area (Å²) in [6.45, 7) is 0. The molecule has 0 heterocycles. The number of hydrogen-bond donors (Lipinski definition) is 14. The molecule has 0 saturated heterocycles. The highest BCUT2D eigenvalue weighted by molar-refractivity contribution is 6.46. The van der Waals surface area contributed by atoms with Crippen LogP contribution in [0.3, 0.4) is 0 Å². The lowest BCUT2D eigenvalue weighted by Gasteiger charge is -2.37. The predicted octanol–water partition coefficient (Wildman–Crippen LogP) is -2.27. The van der Waals surface area contributed by atoms with E-state index >= 15 is 0 Å². The maximum atomic E-state index is 13.5. The van der Waals surface area contributed by atoms with E-state index in [9.17, 15) is 90.7 Å². The minimum atomic E-state index is -4.18. The van der Waals surface area contributed by atoms with Crippen molar-refractivity contribution in [2.24, 2.45) is 0 Å². The first kappa shape index (κ1) is 33.8. The molecule has 0 amide bonds. The number of carbonyl (C=O) groups excluding carboxylic acids is 4. The van der Waals surface area contributed by atoms with Crippen molar-refractivity contribution >= 4 is 23.1 Å². The summed E-state index contributed by atoms with van der Waals surface area (Å²) in [5.41, 5.74) is -7.07. The molecule has 14 N–H and O–H groups in total. The molecule has 0 radical (unpaired) electrons. The quantitative estimate of drug-likeness (QED) is 0.0599. The summed E-state index contributed by atoms with van der Waals surface area (Å²) in [4.78, 5) is 52.0. The number of carbonyl (C=O) groups is 4. The molecule has 240 valence electrons. The van der Waals surface area contributed by atoms with E-state index in [4.69, 9.17) is 0 Å². The molecule has 45 heavy (non-hydrogen) atoms. The van der Waals surface area contributed by atoms with Crippen LogP contribution >= 0.6 is 0 Å². The Morgan fingerprint density at radius 2 is 0.867 bits per heavy atom. The Labute approximate surface area is 249 Å². The zero-order valence-electron chi connectivity index (χ0n) is 22.2. The molecule has 3 rings (SSSR count). The first-order valence-electron chi connectivity index (χ1n) is 12.1. The molecule has 18 nitrogen and oxygen atoms in total. The third-order valence-corrected chi connectivity index (χ3v) is 6.64. The molecule has 3 aromatic carbocycles. The second-order valence-corrected chi connectivity index (χ2v) is 9.58. The molecule has 0 bridgehead atoms. The van der Waals surface area contributed by atoms with Crippen LogP contribution < -0.4 is 0 Å². The predicted molar refractivity (Wildman–Crippen MR) is 141 cm³/mol. The van der Waals surface area contributed by atoms with Crippen molar-refractivity contribution in [3.05, 3.63) is 53.1 Å². The van der Waals surface area contributed by atoms with E-state index in [1.165, 1.54) is 0 Å². The number of phenols is 9. The van der Waals surface area contributed by atoms with Gasteiger partial charge in [-0.25, -0.2) is 0 Å². The topological polar surface area (TPSA) is 352 Å². The second kappa shape index (κ2) is 12.1. The van der Waals surface area contributed by atoms with E-state index < -0.39 is 122 Å². The fraction of sp³-hybridized carbons (Fsp3) is 0.185. The van der Waals surface area contributed by atoms with Gasteiger partial charge in [-0.1, -0.05) is 0 Å². The number of aliphatic hydroxyl groups is 5. The van der Waals surface area contributed by atoms with Crippen molar-refractivity contribution in [2.75, 3.05) is 0 Å². The van der Waals surface area contributed by atoms with Gasteiger partial charge in [0.1, 0.15) is 18.3 Å². The van der Waals surface area contributed by atoms with Gasteiger partial charge in [0.05, 0.1) is 0 Å². The summed E-state index contributed by atoms with van der Waals surface area (Å²) < 4.78 is 0. The fourth-order valence-corrected chi connectivity index (χ4v) is 4.09. The number of Topliss-reactive ketones (excluding diaryl/α,β-unsaturated/α-hetero) is 4. The number of phenolic OH excluding ortho intramolecular Hbond substituents is 9. The molecular weight excluding hydrogens is 612 g/mol. The molecular formula is C27H24O18. The van der Waals surface area contributed by atoms with Crippen LogP contribution in [0.5, 0.6) is 51.7 Å². The molecule has 0 saturated carbocycles. The number of aromatic hydroxyl groups is 9. The zero-order chi connectivity index (χ0) is 34.3. The average Bonchev–Trinajstić information content (AvgIpc) is 3.00. The standard InChI is InChI=1S/C27H24O18/c28-10-1-7(2-11(29)18(10)36)16(34)21(39)23(41)26(44)27(45,24(42)9-5-14(32)20(38)15(33)6-9)25(43)22(40)17(35)8-3-12(30)19(37)13(31)4-8/h1-6,21,23,25-26,28-33,36-39,41,43-45H/t21?,23-,25+,26-,27+/m1/s1. The molecule has 0 aliphatic rings. The van der Waals surface area contributed by atoms with Crippen LogP contribution in [-0.4, -0.2) is 125 Å². The third-order valence-electron chi connectivity index (χ3n) is 6.64. The van der Waals surface area contributed by atoms with E-state index in [0.29, 0.717) is 36.4 Å². The molecule has 0 fully saturated rings. The Morgan fingerprint density at radius 3 is 1.24 bits per heavy atom. The van der Waals surface area contributed by atoms with Gasteiger partial charge in [0, 0.05) is 16.7 Å². The van der Waals surface area contributed by atoms with E-state index in [1.54, 1.807) is 0 Å². The zero-order valence-corrected chi connectivity index (χ0v) is 22.2. The van der Waals surface area contributed by atoms with E-state index in [1.807, 2.05) is 0 Å². The molecule has 18 heteroatoms. The van der Waals surface area contributed by atoms with E-state index in [2.05, 4.69) is 0 Å². The Hall–Kier alpha value is -5.66. The normalized spacial score (nSPS) is 15.3. The average molecular weight is 636 g/mol. The van der Waals surface area contributed by atoms with Crippen molar-refractivity contribution in [1.29, 1.82) is 0 Å². The Bertz CT molecular complexity index is 1640. The van der Waals surface area contributed by atoms with E-state index in [-0.39, 0.29) is 0 Å². The summed E-state index contributed by atoms with van der Waals surface area (Å²) in [6.07, 6.45) is -12.8. The van der Waals surface area contributed by atoms with Crippen molar-refractivity contribution in [3.63, 3.8) is 0 Å². The maximum absolute atomic E-state index is 13.5. The first-order valence-corrected chi connectivity index (χ1v) is 12.1. The molecule has 0 spiro atoms. The van der Waals surface area contributed by atoms with Gasteiger partial charge in [-0.15, -0.1) is 0 Å². The lowest BCUT2D eigenvalue weighted by Crippen LogP contribution is -2.66. The Morgan fingerprint density at radius 1 is 0.533 bits per heavy atom. The number of benzene rings is 3. The monoisotopic (exact) mass is 636 g/mol. The molecule has 3 aromatic rings. The number of hydrogen-bond acceptors (Lipinski definition) is 18. The first-order chi connectivity index (χ1) is 20.7. The molecule has 5 atom stereocenters. The summed E-state index contributed by atoms with van der Waals surface area (Å²) in [7, 11) is 0. The highest BCUT2D eigenvalue weighted by atomic mass is 16.4. The van der Waals surface area contributed by atoms with Crippen LogP contribution in [0, 0.1) is 0 Å². The van der Waals surface area contributed by atoms with Crippen LogP contribution in [0.2, 0.25) is 0 Å². The lowest BCUT2D eigenvalue weighted by molar-refractivity contribution is -0.170. The Balaban J connectivity index is 2.12. The van der Waals surface area contributed by atoms with Crippen molar-refractivity contribution in [2.45, 2.75) is 30.0 Å². The van der Waals surface area contributed by atoms with Gasteiger partial charge < -0.3 is 71.5 Å². The Kier molecular flexibility index (Phi) is 9.13. The van der Waals surface area contributed by atoms with Crippen LogP contribution in [0.4, 0.5) is 0 Å². The van der Waals surface area contributed by atoms with Crippen LogP contribution in [0.25, 0.3) is 0 Å². The summed E-state index contributed by atoms with van der Waals surface area (Å²) in [5, 5.41) is 141. The van der Waals surface area contributed by atoms with Gasteiger partial charge in [0.25, 0.3) is 0 Å². The highest BCUT2D eigenvalue weighted by Gasteiger charge is 2.57. The van der Waals surface area contributed by atoms with Gasteiger partial charge >= 0.3 is 0 Å². The highest BCUT2D eigenvalue weighted by Crippen LogP contribution is 2.39. The van der Waals surface area contributed by atoms with Gasteiger partial charge in [0.15, 0.2) is 69.2 Å².